The molecule has 1 unspecified atom stereocenters. The Morgan fingerprint density at radius 2 is 0.908 bits per heavy atom. The highest BCUT2D eigenvalue weighted by Gasteiger charge is 2.51. The molecule has 1 atom stereocenters. The average molecular weight is 825 g/mol. The normalized spacial score (nSPS) is 14.5. The molecule has 0 aliphatic heterocycles. The molecule has 0 fully saturated rings. The van der Waals surface area contributed by atoms with Crippen LogP contribution in [-0.4, -0.2) is 4.57 Å². The third-order valence-electron chi connectivity index (χ3n) is 14.3. The highest BCUT2D eigenvalue weighted by atomic mass is 15.1. The fourth-order valence-corrected chi connectivity index (χ4v) is 11.8. The van der Waals surface area contributed by atoms with E-state index in [1.54, 1.807) is 0 Å². The van der Waals surface area contributed by atoms with Crippen LogP contribution in [0, 0.1) is 0 Å². The number of anilines is 3. The molecular weight excluding hydrogens is 785 g/mol. The fraction of sp³-hybridized carbons (Fsp3) is 0.0159. The van der Waals surface area contributed by atoms with Gasteiger partial charge in [0.25, 0.3) is 0 Å². The van der Waals surface area contributed by atoms with Crippen LogP contribution >= 0.6 is 0 Å². The lowest BCUT2D eigenvalue weighted by atomic mass is 9.60. The molecule has 0 saturated heterocycles. The quantitative estimate of drug-likeness (QED) is 0.168. The third kappa shape index (κ3) is 4.99. The number of benzene rings is 11. The van der Waals surface area contributed by atoms with Crippen LogP contribution in [-0.2, 0) is 5.41 Å². The predicted octanol–water partition coefficient (Wildman–Crippen LogP) is 16.6. The van der Waals surface area contributed by atoms with Crippen molar-refractivity contribution in [3.8, 4) is 39.1 Å². The van der Waals surface area contributed by atoms with E-state index in [0.717, 1.165) is 22.7 Å². The number of hydrogen-bond donors (Lipinski definition) is 0. The van der Waals surface area contributed by atoms with Gasteiger partial charge in [-0.3, -0.25) is 0 Å². The number of para-hydroxylation sites is 2. The first kappa shape index (κ1) is 36.1. The molecule has 0 amide bonds. The smallest absolute Gasteiger partial charge is 0.0732 e. The summed E-state index contributed by atoms with van der Waals surface area (Å²) >= 11 is 0. The Kier molecular flexibility index (Phi) is 7.64. The van der Waals surface area contributed by atoms with Crippen LogP contribution in [0.15, 0.2) is 243 Å². The second-order valence-corrected chi connectivity index (χ2v) is 17.6. The van der Waals surface area contributed by atoms with Crippen molar-refractivity contribution in [1.82, 2.24) is 4.57 Å². The Morgan fingerprint density at radius 3 is 1.74 bits per heavy atom. The van der Waals surface area contributed by atoms with E-state index in [-0.39, 0.29) is 0 Å². The maximum atomic E-state index is 2.53. The summed E-state index contributed by atoms with van der Waals surface area (Å²) in [6, 6.07) is 90.4. The topological polar surface area (TPSA) is 8.17 Å². The molecular formula is C63H40N2. The first-order valence-corrected chi connectivity index (χ1v) is 22.6. The summed E-state index contributed by atoms with van der Waals surface area (Å²) in [5, 5.41) is 7.44. The first-order chi connectivity index (χ1) is 32.3. The Bertz CT molecular complexity index is 3890. The Hall–Kier alpha value is -8.46. The van der Waals surface area contributed by atoms with Gasteiger partial charge in [-0.2, -0.15) is 0 Å². The minimum atomic E-state index is -0.616. The zero-order valence-corrected chi connectivity index (χ0v) is 35.5. The Balaban J connectivity index is 1.10. The van der Waals surface area contributed by atoms with Crippen LogP contribution in [0.1, 0.15) is 22.3 Å². The summed E-state index contributed by atoms with van der Waals surface area (Å²) in [6.07, 6.45) is 0. The van der Waals surface area contributed by atoms with Crippen LogP contribution in [0.4, 0.5) is 17.1 Å². The maximum absolute atomic E-state index is 2.53. The molecule has 1 heterocycles. The predicted molar refractivity (Wildman–Crippen MR) is 272 cm³/mol. The largest absolute Gasteiger partial charge is 0.310 e. The van der Waals surface area contributed by atoms with Gasteiger partial charge in [0.15, 0.2) is 0 Å². The van der Waals surface area contributed by atoms with Crippen LogP contribution < -0.4 is 4.90 Å². The number of aromatic nitrogens is 1. The van der Waals surface area contributed by atoms with E-state index in [4.69, 9.17) is 0 Å². The fourth-order valence-electron chi connectivity index (χ4n) is 11.8. The minimum absolute atomic E-state index is 0.616. The zero-order valence-electron chi connectivity index (χ0n) is 35.5. The lowest BCUT2D eigenvalue weighted by molar-refractivity contribution is 0.775. The third-order valence-corrected chi connectivity index (χ3v) is 14.3. The van der Waals surface area contributed by atoms with E-state index in [9.17, 15) is 0 Å². The van der Waals surface area contributed by atoms with Crippen LogP contribution in [0.3, 0.4) is 0 Å². The van der Waals surface area contributed by atoms with Gasteiger partial charge >= 0.3 is 0 Å². The monoisotopic (exact) mass is 824 g/mol. The van der Waals surface area contributed by atoms with Gasteiger partial charge in [-0.25, -0.2) is 0 Å². The summed E-state index contributed by atoms with van der Waals surface area (Å²) in [4.78, 5) is 2.51. The van der Waals surface area contributed by atoms with Gasteiger partial charge in [-0.05, 0) is 126 Å². The zero-order chi connectivity index (χ0) is 42.6. The van der Waals surface area contributed by atoms with E-state index < -0.39 is 5.41 Å². The van der Waals surface area contributed by atoms with E-state index in [2.05, 4.69) is 252 Å². The van der Waals surface area contributed by atoms with Gasteiger partial charge < -0.3 is 9.47 Å². The summed E-state index contributed by atoms with van der Waals surface area (Å²) in [7, 11) is 0. The van der Waals surface area contributed by atoms with E-state index in [1.807, 2.05) is 0 Å². The molecule has 2 aliphatic carbocycles. The van der Waals surface area contributed by atoms with Gasteiger partial charge in [0, 0.05) is 33.2 Å². The van der Waals surface area contributed by atoms with Gasteiger partial charge in [0.05, 0.1) is 22.1 Å². The van der Waals surface area contributed by atoms with Crippen molar-refractivity contribution in [3.63, 3.8) is 0 Å². The SMILES string of the molecule is c1ccc(-c2ccc3cccc4c3c2C2(c3ccccc3-c3ccc(N(c5ccc6c(c5)c5ccccc5n6-c5ccccc5)c5cccc6ccccc56)cc32)c2ccccc2-4)cc1. The lowest BCUT2D eigenvalue weighted by Gasteiger charge is -2.41. The van der Waals surface area contributed by atoms with Crippen molar-refractivity contribution in [2.45, 2.75) is 5.41 Å². The van der Waals surface area contributed by atoms with Gasteiger partial charge in [-0.15, -0.1) is 0 Å². The van der Waals surface area contributed by atoms with Crippen LogP contribution in [0.5, 0.6) is 0 Å². The summed E-state index contributed by atoms with van der Waals surface area (Å²) in [6.45, 7) is 0. The highest BCUT2D eigenvalue weighted by Crippen LogP contribution is 2.64. The molecule has 2 heteroatoms. The summed E-state index contributed by atoms with van der Waals surface area (Å²) in [5.41, 5.74) is 19.2. The van der Waals surface area contributed by atoms with Crippen molar-refractivity contribution in [2.24, 2.45) is 0 Å². The minimum Gasteiger partial charge on any atom is -0.310 e. The molecule has 2 aliphatic rings. The van der Waals surface area contributed by atoms with Crippen molar-refractivity contribution < 1.29 is 0 Å². The van der Waals surface area contributed by atoms with Gasteiger partial charge in [0.2, 0.25) is 0 Å². The van der Waals surface area contributed by atoms with Crippen molar-refractivity contribution >= 4 is 60.4 Å². The highest BCUT2D eigenvalue weighted by molar-refractivity contribution is 6.13. The molecule has 2 nitrogen and oxygen atoms in total. The van der Waals surface area contributed by atoms with Crippen molar-refractivity contribution in [3.05, 3.63) is 265 Å². The average Bonchev–Trinajstić information content (AvgIpc) is 3.86. The molecule has 65 heavy (non-hydrogen) atoms. The van der Waals surface area contributed by atoms with E-state index >= 15 is 0 Å². The molecule has 302 valence electrons. The Morgan fingerprint density at radius 1 is 0.338 bits per heavy atom. The number of fused-ring (bicyclic) bond motifs is 13. The van der Waals surface area contributed by atoms with Crippen LogP contribution in [0.2, 0.25) is 0 Å². The molecule has 0 radical (unpaired) electrons. The molecule has 11 aromatic carbocycles. The van der Waals surface area contributed by atoms with E-state index in [0.29, 0.717) is 0 Å². The number of nitrogens with zero attached hydrogens (tertiary/aromatic N) is 2. The van der Waals surface area contributed by atoms with Crippen molar-refractivity contribution in [2.75, 3.05) is 4.90 Å². The van der Waals surface area contributed by atoms with E-state index in [1.165, 1.54) is 99.0 Å². The molecule has 0 bridgehead atoms. The molecule has 0 saturated carbocycles. The standard InChI is InChI=1S/C63H40N2/c1-3-17-42(18-4-1)48-36-33-43-21-15-28-53-50-26-10-13-30-56(50)63(62(48)61(43)53)55-29-12-9-25-49(55)51-37-34-46(40-57(51)63)64(58-32-16-20-41-19-7-8-24-47(41)58)45-35-38-60-54(39-45)52-27-11-14-31-59(52)65(60)44-22-5-2-6-23-44/h1-40H. The molecule has 1 aromatic heterocycles. The molecule has 1 spiro atoms. The summed E-state index contributed by atoms with van der Waals surface area (Å²) < 4.78 is 2.40. The molecule has 12 aromatic rings. The second kappa shape index (κ2) is 13.8. The Labute approximate surface area is 377 Å². The molecule has 14 rings (SSSR count). The first-order valence-electron chi connectivity index (χ1n) is 22.6. The second-order valence-electron chi connectivity index (χ2n) is 17.6. The van der Waals surface area contributed by atoms with Crippen LogP contribution in [0.25, 0.3) is 82.4 Å². The van der Waals surface area contributed by atoms with Gasteiger partial charge in [0.1, 0.15) is 0 Å². The number of hydrogen-bond acceptors (Lipinski definition) is 1. The van der Waals surface area contributed by atoms with Crippen molar-refractivity contribution in [1.29, 1.82) is 0 Å². The molecule has 0 N–H and O–H groups in total. The van der Waals surface area contributed by atoms with Gasteiger partial charge in [-0.1, -0.05) is 188 Å². The summed E-state index contributed by atoms with van der Waals surface area (Å²) in [5.74, 6) is 0. The maximum Gasteiger partial charge on any atom is 0.0732 e. The lowest BCUT2D eigenvalue weighted by Crippen LogP contribution is -2.32. The number of rotatable bonds is 5.